The number of hydrogen-bond donors (Lipinski definition) is 3. The summed E-state index contributed by atoms with van der Waals surface area (Å²) in [4.78, 5) is 17.3. The summed E-state index contributed by atoms with van der Waals surface area (Å²) < 4.78 is 6.25. The Hall–Kier alpha value is -3.20. The maximum Gasteiger partial charge on any atom is 0.261 e. The van der Waals surface area contributed by atoms with E-state index < -0.39 is 5.91 Å². The van der Waals surface area contributed by atoms with Crippen LogP contribution in [0.25, 0.3) is 20.8 Å². The molecule has 0 aliphatic carbocycles. The Morgan fingerprint density at radius 2 is 1.97 bits per heavy atom. The van der Waals surface area contributed by atoms with Gasteiger partial charge in [0.25, 0.3) is 5.91 Å². The number of carbonyl (C=O) groups is 1. The number of phenolic OH excluding ortho intramolecular Hbond substituents is 1. The summed E-state index contributed by atoms with van der Waals surface area (Å²) in [6.45, 7) is 1.79. The number of nitrogens with one attached hydrogen (secondary N) is 2. The Labute approximate surface area is 198 Å². The predicted molar refractivity (Wildman–Crippen MR) is 133 cm³/mol. The van der Waals surface area contributed by atoms with E-state index >= 15 is 0 Å². The molecule has 6 nitrogen and oxygen atoms in total. The van der Waals surface area contributed by atoms with Gasteiger partial charge in [0.2, 0.25) is 0 Å². The van der Waals surface area contributed by atoms with Crippen molar-refractivity contribution in [1.82, 2.24) is 10.3 Å². The van der Waals surface area contributed by atoms with Crippen molar-refractivity contribution in [3.05, 3.63) is 70.7 Å². The lowest BCUT2D eigenvalue weighted by Crippen LogP contribution is -2.34. The van der Waals surface area contributed by atoms with Gasteiger partial charge in [0.1, 0.15) is 16.5 Å². The molecule has 0 saturated carbocycles. The number of thiocarbonyl (C=S) groups is 1. The van der Waals surface area contributed by atoms with Crippen LogP contribution in [0.2, 0.25) is 5.02 Å². The number of phenols is 1. The number of aryl methyl sites for hydroxylation is 1. The number of para-hydroxylation sites is 1. The summed E-state index contributed by atoms with van der Waals surface area (Å²) in [5, 5.41) is 17.4. The third-order valence-electron chi connectivity index (χ3n) is 4.72. The zero-order valence-corrected chi connectivity index (χ0v) is 19.5. The highest BCUT2D eigenvalue weighted by Gasteiger charge is 2.17. The lowest BCUT2D eigenvalue weighted by atomic mass is 10.1. The average Bonchev–Trinajstić information content (AvgIpc) is 3.20. The second-order valence-corrected chi connectivity index (χ2v) is 8.80. The van der Waals surface area contributed by atoms with Gasteiger partial charge in [-0.05, 0) is 67.2 Å². The van der Waals surface area contributed by atoms with E-state index in [0.29, 0.717) is 32.6 Å². The smallest absolute Gasteiger partial charge is 0.261 e. The fourth-order valence-corrected chi connectivity index (χ4v) is 4.56. The van der Waals surface area contributed by atoms with Gasteiger partial charge < -0.3 is 15.2 Å². The number of aromatic nitrogens is 1. The van der Waals surface area contributed by atoms with Crippen molar-refractivity contribution in [3.8, 4) is 22.1 Å². The number of hydrogen-bond acceptors (Lipinski definition) is 6. The molecule has 0 saturated heterocycles. The number of thiazole rings is 1. The van der Waals surface area contributed by atoms with Gasteiger partial charge in [0.15, 0.2) is 5.11 Å². The van der Waals surface area contributed by atoms with E-state index in [4.69, 9.17) is 28.6 Å². The number of rotatable bonds is 4. The first-order chi connectivity index (χ1) is 15.4. The molecule has 4 aromatic rings. The van der Waals surface area contributed by atoms with Crippen LogP contribution < -0.4 is 15.4 Å². The van der Waals surface area contributed by atoms with E-state index in [2.05, 4.69) is 15.6 Å². The molecule has 0 aliphatic heterocycles. The summed E-state index contributed by atoms with van der Waals surface area (Å²) in [6, 6.07) is 16.0. The van der Waals surface area contributed by atoms with Crippen molar-refractivity contribution in [2.75, 3.05) is 12.4 Å². The molecule has 0 aliphatic rings. The first-order valence-corrected chi connectivity index (χ1v) is 11.1. The van der Waals surface area contributed by atoms with Crippen LogP contribution in [0.3, 0.4) is 0 Å². The molecular formula is C23H18ClN3O3S2. The fourth-order valence-electron chi connectivity index (χ4n) is 3.19. The number of fused-ring (bicyclic) bond motifs is 1. The number of amides is 1. The van der Waals surface area contributed by atoms with Crippen molar-refractivity contribution in [2.45, 2.75) is 6.92 Å². The molecule has 0 unspecified atom stereocenters. The summed E-state index contributed by atoms with van der Waals surface area (Å²) in [6.07, 6.45) is 0. The van der Waals surface area contributed by atoms with Gasteiger partial charge in [0, 0.05) is 10.7 Å². The Balaban J connectivity index is 1.57. The van der Waals surface area contributed by atoms with Crippen LogP contribution >= 0.6 is 35.2 Å². The Morgan fingerprint density at radius 1 is 1.19 bits per heavy atom. The second-order valence-electron chi connectivity index (χ2n) is 6.93. The first kappa shape index (κ1) is 22.0. The molecule has 0 radical (unpaired) electrons. The standard InChI is InChI=1S/C23H18ClN3O3S2/c1-12-9-14(11-16(20(12)28)22-26-17-5-3-4-6-19(17)32-22)25-23(31)27-21(29)15-10-13(24)7-8-18(15)30-2/h3-11,28H,1-2H3,(H2,25,27,29,31). The van der Waals surface area contributed by atoms with Crippen LogP contribution in [0.4, 0.5) is 5.69 Å². The maximum atomic E-state index is 12.7. The molecule has 0 bridgehead atoms. The molecule has 0 fully saturated rings. The molecule has 1 aromatic heterocycles. The van der Waals surface area contributed by atoms with E-state index in [1.54, 1.807) is 31.2 Å². The minimum absolute atomic E-state index is 0.0948. The van der Waals surface area contributed by atoms with Crippen molar-refractivity contribution < 1.29 is 14.6 Å². The molecule has 3 aromatic carbocycles. The quantitative estimate of drug-likeness (QED) is 0.252. The number of methoxy groups -OCH3 is 1. The topological polar surface area (TPSA) is 83.5 Å². The van der Waals surface area contributed by atoms with Gasteiger partial charge >= 0.3 is 0 Å². The van der Waals surface area contributed by atoms with Crippen LogP contribution in [0.5, 0.6) is 11.5 Å². The highest BCUT2D eigenvalue weighted by molar-refractivity contribution is 7.80. The third-order valence-corrected chi connectivity index (χ3v) is 6.22. The molecule has 0 atom stereocenters. The van der Waals surface area contributed by atoms with Crippen LogP contribution in [0.1, 0.15) is 15.9 Å². The van der Waals surface area contributed by atoms with Gasteiger partial charge in [-0.25, -0.2) is 4.98 Å². The van der Waals surface area contributed by atoms with Crippen molar-refractivity contribution in [2.24, 2.45) is 0 Å². The molecule has 1 amide bonds. The van der Waals surface area contributed by atoms with Crippen LogP contribution in [-0.2, 0) is 0 Å². The molecular weight excluding hydrogens is 466 g/mol. The molecule has 3 N–H and O–H groups in total. The number of halogens is 1. The highest BCUT2D eigenvalue weighted by Crippen LogP contribution is 2.38. The third kappa shape index (κ3) is 4.52. The van der Waals surface area contributed by atoms with Gasteiger partial charge in [-0.1, -0.05) is 23.7 Å². The molecule has 1 heterocycles. The van der Waals surface area contributed by atoms with E-state index in [1.165, 1.54) is 24.5 Å². The van der Waals surface area contributed by atoms with E-state index in [-0.39, 0.29) is 16.4 Å². The summed E-state index contributed by atoms with van der Waals surface area (Å²) in [5.74, 6) is 0.0743. The van der Waals surface area contributed by atoms with Gasteiger partial charge in [-0.15, -0.1) is 11.3 Å². The zero-order chi connectivity index (χ0) is 22.8. The maximum absolute atomic E-state index is 12.7. The number of aromatic hydroxyl groups is 1. The van der Waals surface area contributed by atoms with Crippen LogP contribution in [0, 0.1) is 6.92 Å². The molecule has 32 heavy (non-hydrogen) atoms. The van der Waals surface area contributed by atoms with Gasteiger partial charge in [-0.3, -0.25) is 10.1 Å². The molecule has 9 heteroatoms. The van der Waals surface area contributed by atoms with Crippen LogP contribution in [0.15, 0.2) is 54.6 Å². The number of ether oxygens (including phenoxy) is 1. The normalized spacial score (nSPS) is 10.7. The first-order valence-electron chi connectivity index (χ1n) is 9.51. The van der Waals surface area contributed by atoms with Crippen molar-refractivity contribution in [3.63, 3.8) is 0 Å². The predicted octanol–water partition coefficient (Wildman–Crippen LogP) is 5.77. The Kier molecular flexibility index (Phi) is 6.27. The summed E-state index contributed by atoms with van der Waals surface area (Å²) >= 11 is 12.8. The number of benzene rings is 3. The van der Waals surface area contributed by atoms with E-state index in [0.717, 1.165) is 10.2 Å². The Morgan fingerprint density at radius 3 is 2.72 bits per heavy atom. The highest BCUT2D eigenvalue weighted by atomic mass is 35.5. The lowest BCUT2D eigenvalue weighted by molar-refractivity contribution is 0.0975. The van der Waals surface area contributed by atoms with Gasteiger partial charge in [0.05, 0.1) is 28.5 Å². The SMILES string of the molecule is COc1ccc(Cl)cc1C(=O)NC(=S)Nc1cc(C)c(O)c(-c2nc3ccccc3s2)c1. The van der Waals surface area contributed by atoms with Crippen molar-refractivity contribution >= 4 is 62.1 Å². The molecule has 0 spiro atoms. The fraction of sp³-hybridized carbons (Fsp3) is 0.0870. The van der Waals surface area contributed by atoms with Gasteiger partial charge in [-0.2, -0.15) is 0 Å². The minimum atomic E-state index is -0.455. The largest absolute Gasteiger partial charge is 0.507 e. The molecule has 4 rings (SSSR count). The Bertz CT molecular complexity index is 1320. The average molecular weight is 484 g/mol. The second kappa shape index (κ2) is 9.12. The van der Waals surface area contributed by atoms with Crippen molar-refractivity contribution in [1.29, 1.82) is 0 Å². The minimum Gasteiger partial charge on any atom is -0.507 e. The zero-order valence-electron chi connectivity index (χ0n) is 17.1. The number of anilines is 1. The monoisotopic (exact) mass is 483 g/mol. The number of nitrogens with zero attached hydrogens (tertiary/aromatic N) is 1. The molecule has 162 valence electrons. The lowest BCUT2D eigenvalue weighted by Gasteiger charge is -2.14. The summed E-state index contributed by atoms with van der Waals surface area (Å²) in [7, 11) is 1.47. The van der Waals surface area contributed by atoms with E-state index in [9.17, 15) is 9.90 Å². The van der Waals surface area contributed by atoms with E-state index in [1.807, 2.05) is 24.3 Å². The summed E-state index contributed by atoms with van der Waals surface area (Å²) in [5.41, 5.74) is 2.97. The van der Waals surface area contributed by atoms with Crippen LogP contribution in [-0.4, -0.2) is 28.2 Å². The number of carbonyl (C=O) groups excluding carboxylic acids is 1.